The molecule has 0 bridgehead atoms. The maximum absolute atomic E-state index is 12.3. The van der Waals surface area contributed by atoms with E-state index in [4.69, 9.17) is 0 Å². The minimum Gasteiger partial charge on any atom is -0.342 e. The van der Waals surface area contributed by atoms with E-state index < -0.39 is 5.69 Å². The van der Waals surface area contributed by atoms with Crippen LogP contribution in [0.5, 0.6) is 0 Å². The number of imidazole rings is 1. The van der Waals surface area contributed by atoms with Gasteiger partial charge in [-0.3, -0.25) is 14.3 Å². The van der Waals surface area contributed by atoms with E-state index in [0.717, 1.165) is 31.9 Å². The maximum atomic E-state index is 12.3. The van der Waals surface area contributed by atoms with Crippen molar-refractivity contribution in [1.29, 1.82) is 0 Å². The Hall–Kier alpha value is -2.05. The predicted octanol–water partition coefficient (Wildman–Crippen LogP) is 1.38. The summed E-state index contributed by atoms with van der Waals surface area (Å²) in [6, 6.07) is 0.0989. The van der Waals surface area contributed by atoms with Crippen molar-refractivity contribution < 1.29 is 0 Å². The van der Waals surface area contributed by atoms with Crippen LogP contribution in [-0.4, -0.2) is 32.2 Å². The molecule has 0 saturated carbocycles. The second-order valence-electron chi connectivity index (χ2n) is 6.27. The second-order valence-corrected chi connectivity index (χ2v) is 6.27. The van der Waals surface area contributed by atoms with Gasteiger partial charge in [0.05, 0.1) is 0 Å². The van der Waals surface area contributed by atoms with Gasteiger partial charge in [0.25, 0.3) is 5.56 Å². The average Bonchev–Trinajstić information content (AvgIpc) is 2.67. The highest BCUT2D eigenvalue weighted by molar-refractivity contribution is 5.74. The number of aromatic nitrogens is 4. The van der Waals surface area contributed by atoms with Crippen molar-refractivity contribution in [1.82, 2.24) is 19.1 Å². The Morgan fingerprint density at radius 2 is 1.73 bits per heavy atom. The fraction of sp³-hybridized carbons (Fsp3) is 0.667. The first-order chi connectivity index (χ1) is 10.5. The average molecular weight is 305 g/mol. The van der Waals surface area contributed by atoms with Gasteiger partial charge in [-0.2, -0.15) is 4.98 Å². The molecule has 0 radical (unpaired) electrons. The fourth-order valence-corrected chi connectivity index (χ4v) is 3.17. The van der Waals surface area contributed by atoms with E-state index in [9.17, 15) is 9.59 Å². The lowest BCUT2D eigenvalue weighted by Gasteiger charge is -2.24. The summed E-state index contributed by atoms with van der Waals surface area (Å²) >= 11 is 0. The van der Waals surface area contributed by atoms with Gasteiger partial charge in [-0.15, -0.1) is 0 Å². The molecule has 1 aliphatic rings. The predicted molar refractivity (Wildman–Crippen MR) is 86.7 cm³/mol. The standard InChI is InChI=1S/C15H23N5O2/c1-10(2)20-11-12(18(3)15(22)17-13(11)21)16-14(20)19-8-6-4-5-7-9-19/h10H,4-9H2,1-3H3,(H,17,21,22). The zero-order chi connectivity index (χ0) is 15.9. The van der Waals surface area contributed by atoms with Crippen molar-refractivity contribution >= 4 is 17.1 Å². The molecule has 2 aromatic rings. The van der Waals surface area contributed by atoms with Gasteiger partial charge >= 0.3 is 5.69 Å². The third-order valence-corrected chi connectivity index (χ3v) is 4.34. The van der Waals surface area contributed by atoms with Gasteiger partial charge < -0.3 is 9.47 Å². The lowest BCUT2D eigenvalue weighted by Crippen LogP contribution is -2.30. The first-order valence-corrected chi connectivity index (χ1v) is 7.97. The van der Waals surface area contributed by atoms with Crippen LogP contribution >= 0.6 is 0 Å². The quantitative estimate of drug-likeness (QED) is 0.909. The number of aromatic amines is 1. The van der Waals surface area contributed by atoms with Gasteiger partial charge in [0.1, 0.15) is 0 Å². The molecule has 1 saturated heterocycles. The van der Waals surface area contributed by atoms with Crippen molar-refractivity contribution in [2.45, 2.75) is 45.6 Å². The summed E-state index contributed by atoms with van der Waals surface area (Å²) in [5.41, 5.74) is 0.159. The molecule has 7 heteroatoms. The van der Waals surface area contributed by atoms with E-state index in [1.807, 2.05) is 18.4 Å². The molecule has 0 aliphatic carbocycles. The van der Waals surface area contributed by atoms with Gasteiger partial charge in [-0.25, -0.2) is 4.79 Å². The van der Waals surface area contributed by atoms with Crippen LogP contribution in [0.4, 0.5) is 5.95 Å². The molecule has 0 atom stereocenters. The molecule has 1 aliphatic heterocycles. The highest BCUT2D eigenvalue weighted by Crippen LogP contribution is 2.26. The minimum absolute atomic E-state index is 0.0989. The molecule has 0 amide bonds. The number of rotatable bonds is 2. The number of nitrogens with zero attached hydrogens (tertiary/aromatic N) is 4. The van der Waals surface area contributed by atoms with Crippen molar-refractivity contribution in [2.24, 2.45) is 7.05 Å². The molecule has 3 heterocycles. The molecule has 0 unspecified atom stereocenters. The second kappa shape index (κ2) is 5.62. The summed E-state index contributed by atoms with van der Waals surface area (Å²) in [5, 5.41) is 0. The number of nitrogens with one attached hydrogen (secondary N) is 1. The molecular formula is C15H23N5O2. The third kappa shape index (κ3) is 2.34. The molecule has 3 rings (SSSR count). The summed E-state index contributed by atoms with van der Waals surface area (Å²) < 4.78 is 3.37. The van der Waals surface area contributed by atoms with E-state index in [1.165, 1.54) is 17.4 Å². The smallest absolute Gasteiger partial charge is 0.329 e. The SMILES string of the molecule is CC(C)n1c(N2CCCCCC2)nc2c1c(=O)[nH]c(=O)n2C. The topological polar surface area (TPSA) is 75.9 Å². The monoisotopic (exact) mass is 305 g/mol. The lowest BCUT2D eigenvalue weighted by molar-refractivity contribution is 0.597. The number of H-pyrrole nitrogens is 1. The van der Waals surface area contributed by atoms with Crippen molar-refractivity contribution in [3.05, 3.63) is 20.8 Å². The zero-order valence-corrected chi connectivity index (χ0v) is 13.4. The molecule has 1 fully saturated rings. The first-order valence-electron chi connectivity index (χ1n) is 7.97. The molecule has 2 aromatic heterocycles. The zero-order valence-electron chi connectivity index (χ0n) is 13.4. The van der Waals surface area contributed by atoms with E-state index in [0.29, 0.717) is 11.2 Å². The highest BCUT2D eigenvalue weighted by atomic mass is 16.2. The Kier molecular flexibility index (Phi) is 3.80. The third-order valence-electron chi connectivity index (χ3n) is 4.34. The number of aryl methyl sites for hydroxylation is 1. The largest absolute Gasteiger partial charge is 0.342 e. The van der Waals surface area contributed by atoms with Gasteiger partial charge in [-0.1, -0.05) is 12.8 Å². The maximum Gasteiger partial charge on any atom is 0.329 e. The number of anilines is 1. The van der Waals surface area contributed by atoms with E-state index >= 15 is 0 Å². The van der Waals surface area contributed by atoms with Gasteiger partial charge in [-0.05, 0) is 26.7 Å². The van der Waals surface area contributed by atoms with Crippen LogP contribution in [0.15, 0.2) is 9.59 Å². The van der Waals surface area contributed by atoms with Gasteiger partial charge in [0, 0.05) is 26.2 Å². The summed E-state index contributed by atoms with van der Waals surface area (Å²) in [6.07, 6.45) is 4.74. The Labute approximate surface area is 128 Å². The first kappa shape index (κ1) is 14.9. The Balaban J connectivity index is 2.27. The van der Waals surface area contributed by atoms with Crippen LogP contribution < -0.4 is 16.1 Å². The van der Waals surface area contributed by atoms with Crippen molar-refractivity contribution in [3.63, 3.8) is 0 Å². The van der Waals surface area contributed by atoms with Crippen LogP contribution in [-0.2, 0) is 7.05 Å². The summed E-state index contributed by atoms with van der Waals surface area (Å²) in [6.45, 7) is 5.96. The fourth-order valence-electron chi connectivity index (χ4n) is 3.17. The van der Waals surface area contributed by atoms with Crippen molar-refractivity contribution in [2.75, 3.05) is 18.0 Å². The molecule has 0 aromatic carbocycles. The summed E-state index contributed by atoms with van der Waals surface area (Å²) in [4.78, 5) is 33.4. The normalized spacial score (nSPS) is 16.5. The molecule has 0 spiro atoms. The summed E-state index contributed by atoms with van der Waals surface area (Å²) in [5.74, 6) is 0.804. The Bertz CT molecular complexity index is 791. The van der Waals surface area contributed by atoms with Crippen LogP contribution in [0.3, 0.4) is 0 Å². The summed E-state index contributed by atoms with van der Waals surface area (Å²) in [7, 11) is 1.64. The molecule has 1 N–H and O–H groups in total. The Morgan fingerprint density at radius 3 is 2.32 bits per heavy atom. The van der Waals surface area contributed by atoms with Gasteiger partial charge in [0.15, 0.2) is 11.2 Å². The molecule has 7 nitrogen and oxygen atoms in total. The number of hydrogen-bond acceptors (Lipinski definition) is 4. The van der Waals surface area contributed by atoms with Crippen LogP contribution in [0, 0.1) is 0 Å². The van der Waals surface area contributed by atoms with E-state index in [2.05, 4.69) is 14.9 Å². The van der Waals surface area contributed by atoms with Crippen molar-refractivity contribution in [3.8, 4) is 0 Å². The van der Waals surface area contributed by atoms with Crippen LogP contribution in [0.1, 0.15) is 45.6 Å². The molecule has 120 valence electrons. The number of hydrogen-bond donors (Lipinski definition) is 1. The molecular weight excluding hydrogens is 282 g/mol. The van der Waals surface area contributed by atoms with Gasteiger partial charge in [0.2, 0.25) is 5.95 Å². The van der Waals surface area contributed by atoms with Crippen LogP contribution in [0.2, 0.25) is 0 Å². The molecule has 22 heavy (non-hydrogen) atoms. The lowest BCUT2D eigenvalue weighted by atomic mass is 10.2. The Morgan fingerprint density at radius 1 is 1.09 bits per heavy atom. The van der Waals surface area contributed by atoms with E-state index in [1.54, 1.807) is 7.05 Å². The van der Waals surface area contributed by atoms with E-state index in [-0.39, 0.29) is 11.6 Å². The minimum atomic E-state index is -0.423. The highest BCUT2D eigenvalue weighted by Gasteiger charge is 2.23. The number of fused-ring (bicyclic) bond motifs is 1. The van der Waals surface area contributed by atoms with Crippen LogP contribution in [0.25, 0.3) is 11.2 Å².